The summed E-state index contributed by atoms with van der Waals surface area (Å²) in [7, 11) is 3.72. The van der Waals surface area contributed by atoms with Crippen LogP contribution in [0.15, 0.2) is 18.2 Å². The third-order valence-electron chi connectivity index (χ3n) is 2.96. The van der Waals surface area contributed by atoms with E-state index in [2.05, 4.69) is 5.32 Å². The lowest BCUT2D eigenvalue weighted by Gasteiger charge is -2.27. The van der Waals surface area contributed by atoms with E-state index in [1.165, 1.54) is 13.0 Å². The van der Waals surface area contributed by atoms with Crippen molar-refractivity contribution in [3.63, 3.8) is 0 Å². The van der Waals surface area contributed by atoms with Crippen molar-refractivity contribution in [3.8, 4) is 0 Å². The van der Waals surface area contributed by atoms with Gasteiger partial charge in [-0.15, -0.1) is 0 Å². The van der Waals surface area contributed by atoms with Crippen LogP contribution in [0.1, 0.15) is 12.5 Å². The number of carboxylic acids is 1. The predicted octanol–water partition coefficient (Wildman–Crippen LogP) is 1.42. The van der Waals surface area contributed by atoms with Crippen molar-refractivity contribution in [2.75, 3.05) is 27.2 Å². The molecule has 0 aliphatic heterocycles. The van der Waals surface area contributed by atoms with Crippen LogP contribution in [0.4, 0.5) is 8.78 Å². The summed E-state index contributed by atoms with van der Waals surface area (Å²) in [4.78, 5) is 13.3. The zero-order chi connectivity index (χ0) is 14.6. The summed E-state index contributed by atoms with van der Waals surface area (Å²) in [5, 5.41) is 12.2. The third-order valence-corrected chi connectivity index (χ3v) is 2.96. The van der Waals surface area contributed by atoms with E-state index in [0.717, 1.165) is 12.1 Å². The Labute approximate surface area is 111 Å². The second-order valence-electron chi connectivity index (χ2n) is 4.79. The number of hydrogen-bond donors (Lipinski definition) is 2. The monoisotopic (exact) mass is 272 g/mol. The number of likely N-dealkylation sites (N-methyl/N-ethyl adjacent to an activating group) is 1. The van der Waals surface area contributed by atoms with Crippen molar-refractivity contribution in [2.45, 2.75) is 12.5 Å². The quantitative estimate of drug-likeness (QED) is 0.822. The smallest absolute Gasteiger partial charge is 0.328 e. The molecule has 106 valence electrons. The zero-order valence-electron chi connectivity index (χ0n) is 11.2. The number of benzene rings is 1. The summed E-state index contributed by atoms with van der Waals surface area (Å²) in [5.74, 6) is -3.19. The van der Waals surface area contributed by atoms with E-state index in [0.29, 0.717) is 13.1 Å². The van der Waals surface area contributed by atoms with Crippen molar-refractivity contribution < 1.29 is 18.7 Å². The first-order valence-electron chi connectivity index (χ1n) is 5.86. The van der Waals surface area contributed by atoms with E-state index in [9.17, 15) is 18.7 Å². The molecule has 0 bridgehead atoms. The molecular formula is C13H18F2N2O2. The van der Waals surface area contributed by atoms with Crippen LogP contribution >= 0.6 is 0 Å². The van der Waals surface area contributed by atoms with Gasteiger partial charge in [-0.3, -0.25) is 5.32 Å². The molecule has 1 aromatic carbocycles. The summed E-state index contributed by atoms with van der Waals surface area (Å²) >= 11 is 0. The van der Waals surface area contributed by atoms with Crippen molar-refractivity contribution in [3.05, 3.63) is 35.4 Å². The van der Waals surface area contributed by atoms with Gasteiger partial charge in [-0.1, -0.05) is 6.07 Å². The molecule has 4 nitrogen and oxygen atoms in total. The SMILES string of the molecule is CN(C)CCNC(C)(C(=O)O)c1ccc(F)c(F)c1. The minimum Gasteiger partial charge on any atom is -0.480 e. The summed E-state index contributed by atoms with van der Waals surface area (Å²) in [6.07, 6.45) is 0. The Kier molecular flexibility index (Phi) is 4.97. The van der Waals surface area contributed by atoms with Crippen LogP contribution in [0.2, 0.25) is 0 Å². The van der Waals surface area contributed by atoms with E-state index < -0.39 is 23.1 Å². The van der Waals surface area contributed by atoms with Crippen LogP contribution in [-0.2, 0) is 10.3 Å². The van der Waals surface area contributed by atoms with Gasteiger partial charge in [0.15, 0.2) is 11.6 Å². The van der Waals surface area contributed by atoms with E-state index >= 15 is 0 Å². The van der Waals surface area contributed by atoms with E-state index in [1.54, 1.807) is 0 Å². The molecule has 1 rings (SSSR count). The maximum absolute atomic E-state index is 13.2. The van der Waals surface area contributed by atoms with E-state index in [-0.39, 0.29) is 5.56 Å². The fourth-order valence-electron chi connectivity index (χ4n) is 1.64. The lowest BCUT2D eigenvalue weighted by molar-refractivity contribution is -0.144. The molecule has 1 aromatic rings. The van der Waals surface area contributed by atoms with Crippen LogP contribution in [0.3, 0.4) is 0 Å². The number of halogens is 2. The molecule has 0 aliphatic rings. The van der Waals surface area contributed by atoms with Crippen molar-refractivity contribution in [2.24, 2.45) is 0 Å². The Bertz CT molecular complexity index is 466. The molecule has 0 aromatic heterocycles. The highest BCUT2D eigenvalue weighted by Crippen LogP contribution is 2.23. The first-order chi connectivity index (χ1) is 8.77. The minimum absolute atomic E-state index is 0.178. The van der Waals surface area contributed by atoms with Crippen LogP contribution in [0.25, 0.3) is 0 Å². The van der Waals surface area contributed by atoms with Crippen molar-refractivity contribution in [1.29, 1.82) is 0 Å². The molecule has 0 saturated heterocycles. The van der Waals surface area contributed by atoms with Gasteiger partial charge in [0.05, 0.1) is 0 Å². The molecule has 1 unspecified atom stereocenters. The van der Waals surface area contributed by atoms with E-state index in [1.807, 2.05) is 19.0 Å². The van der Waals surface area contributed by atoms with Gasteiger partial charge in [0.25, 0.3) is 0 Å². The molecule has 0 aliphatic carbocycles. The highest BCUT2D eigenvalue weighted by molar-refractivity contribution is 5.80. The van der Waals surface area contributed by atoms with Crippen LogP contribution < -0.4 is 5.32 Å². The Morgan fingerprint density at radius 3 is 2.47 bits per heavy atom. The third kappa shape index (κ3) is 3.71. The number of rotatable bonds is 6. The number of carboxylic acid groups (broad SMARTS) is 1. The summed E-state index contributed by atoms with van der Waals surface area (Å²) in [6.45, 7) is 2.47. The number of nitrogens with one attached hydrogen (secondary N) is 1. The molecule has 0 radical (unpaired) electrons. The molecule has 6 heteroatoms. The lowest BCUT2D eigenvalue weighted by Crippen LogP contribution is -2.48. The summed E-state index contributed by atoms with van der Waals surface area (Å²) in [5.41, 5.74) is -1.28. The first-order valence-corrected chi connectivity index (χ1v) is 5.86. The zero-order valence-corrected chi connectivity index (χ0v) is 11.2. The van der Waals surface area contributed by atoms with Gasteiger partial charge in [-0.2, -0.15) is 0 Å². The van der Waals surface area contributed by atoms with Gasteiger partial charge in [0.2, 0.25) is 0 Å². The number of carbonyl (C=O) groups is 1. The Hall–Kier alpha value is -1.53. The van der Waals surface area contributed by atoms with Gasteiger partial charge in [0, 0.05) is 13.1 Å². The fourth-order valence-corrected chi connectivity index (χ4v) is 1.64. The van der Waals surface area contributed by atoms with Gasteiger partial charge in [-0.05, 0) is 38.7 Å². The molecule has 0 amide bonds. The topological polar surface area (TPSA) is 52.6 Å². The average molecular weight is 272 g/mol. The van der Waals surface area contributed by atoms with Gasteiger partial charge < -0.3 is 10.0 Å². The second kappa shape index (κ2) is 6.08. The van der Waals surface area contributed by atoms with Crippen molar-refractivity contribution >= 4 is 5.97 Å². The van der Waals surface area contributed by atoms with Gasteiger partial charge in [0.1, 0.15) is 5.54 Å². The maximum Gasteiger partial charge on any atom is 0.328 e. The number of hydrogen-bond acceptors (Lipinski definition) is 3. The van der Waals surface area contributed by atoms with Crippen LogP contribution in [0, 0.1) is 11.6 Å². The fraction of sp³-hybridized carbons (Fsp3) is 0.462. The molecule has 0 fully saturated rings. The van der Waals surface area contributed by atoms with Crippen LogP contribution in [-0.4, -0.2) is 43.2 Å². The predicted molar refractivity (Wildman–Crippen MR) is 67.9 cm³/mol. The van der Waals surface area contributed by atoms with E-state index in [4.69, 9.17) is 0 Å². The standard InChI is InChI=1S/C13H18F2N2O2/c1-13(12(18)19,16-6-7-17(2)3)9-4-5-10(14)11(15)8-9/h4-5,8,16H,6-7H2,1-3H3,(H,18,19). The molecule has 0 saturated carbocycles. The average Bonchev–Trinajstić information content (AvgIpc) is 2.31. The van der Waals surface area contributed by atoms with Crippen molar-refractivity contribution in [1.82, 2.24) is 10.2 Å². The van der Waals surface area contributed by atoms with Gasteiger partial charge in [-0.25, -0.2) is 13.6 Å². The largest absolute Gasteiger partial charge is 0.480 e. The Morgan fingerprint density at radius 2 is 2.00 bits per heavy atom. The highest BCUT2D eigenvalue weighted by atomic mass is 19.2. The maximum atomic E-state index is 13.2. The molecule has 2 N–H and O–H groups in total. The molecule has 1 atom stereocenters. The minimum atomic E-state index is -1.45. The van der Waals surface area contributed by atoms with Crippen LogP contribution in [0.5, 0.6) is 0 Å². The number of aliphatic carboxylic acids is 1. The molecular weight excluding hydrogens is 254 g/mol. The molecule has 0 spiro atoms. The lowest BCUT2D eigenvalue weighted by atomic mass is 9.92. The Morgan fingerprint density at radius 1 is 1.37 bits per heavy atom. The van der Waals surface area contributed by atoms with Gasteiger partial charge >= 0.3 is 5.97 Å². The molecule has 19 heavy (non-hydrogen) atoms. The highest BCUT2D eigenvalue weighted by Gasteiger charge is 2.35. The Balaban J connectivity index is 2.97. The first kappa shape index (κ1) is 15.5. The number of nitrogens with zero attached hydrogens (tertiary/aromatic N) is 1. The molecule has 0 heterocycles. The normalized spacial score (nSPS) is 14.4. The summed E-state index contributed by atoms with van der Waals surface area (Å²) < 4.78 is 26.1. The summed E-state index contributed by atoms with van der Waals surface area (Å²) in [6, 6.07) is 3.11. The second-order valence-corrected chi connectivity index (χ2v) is 4.79.